The fourth-order valence-corrected chi connectivity index (χ4v) is 21.1. The molecule has 12 aromatic rings. The molecule has 8 aromatic heterocycles. The number of carbonyl (C=O) groups excluding carboxylic acids is 5. The number of rotatable bonds is 24. The lowest BCUT2D eigenvalue weighted by atomic mass is 9.99. The number of nitriles is 1. The van der Waals surface area contributed by atoms with Gasteiger partial charge in [0, 0.05) is 293 Å². The highest BCUT2D eigenvalue weighted by atomic mass is 32.2. The van der Waals surface area contributed by atoms with Crippen molar-refractivity contribution in [2.75, 3.05) is 121 Å². The van der Waals surface area contributed by atoms with Crippen LogP contribution in [0.1, 0.15) is 202 Å². The van der Waals surface area contributed by atoms with Crippen molar-refractivity contribution in [2.24, 2.45) is 21.1 Å². The highest BCUT2D eigenvalue weighted by molar-refractivity contribution is 7.89. The largest absolute Gasteiger partial charge is 0.381 e. The predicted molar refractivity (Wildman–Crippen MR) is 538 cm³/mol. The SMILES string of the molecule is CCC(=O)N1CCc2c(c(Nc3cc(-c4cnn(C)c4)cc(S(=O)(=O)N(C)C)c3)nn2C2CCOCC2)C1.CCC(=O)N1CCc2c(c(Nc3cc(C#N)c(-c4cnn(C)c4)cc3F)nn2C2CCOCC2)C1.CCC(=O)N1CCc2c(c(Nc3cc(C(F)F)c(-c4ccc(C(=O)NC)nc4)cc3F)nn2C2CCOCC2)C1.CCC(=O)N1CCc2c(c(Nc3cccc(-c4ccn(C)c4)c3F)nn2C2CCOCC2)C1. The van der Waals surface area contributed by atoms with E-state index in [0.717, 1.165) is 151 Å². The second-order valence-electron chi connectivity index (χ2n) is 37.7. The van der Waals surface area contributed by atoms with Gasteiger partial charge in [0.15, 0.2) is 29.1 Å². The monoisotopic (exact) mass is 2030 g/mol. The van der Waals surface area contributed by atoms with E-state index in [9.17, 15) is 46.4 Å². The zero-order valence-electron chi connectivity index (χ0n) is 83.8. The second-order valence-corrected chi connectivity index (χ2v) is 39.9. The summed E-state index contributed by atoms with van der Waals surface area (Å²) in [7, 11) is 6.31. The molecule has 0 spiro atoms. The molecule has 4 aromatic carbocycles. The number of amides is 5. The first-order valence-corrected chi connectivity index (χ1v) is 51.4. The molecular formula is C104H124F5N25O11S. The minimum Gasteiger partial charge on any atom is -0.381 e. The van der Waals surface area contributed by atoms with Crippen LogP contribution in [0, 0.1) is 28.8 Å². The predicted octanol–water partition coefficient (Wildman–Crippen LogP) is 15.8. The molecule has 36 nitrogen and oxygen atoms in total. The smallest absolute Gasteiger partial charge is 0.269 e. The zero-order chi connectivity index (χ0) is 103. The Kier molecular flexibility index (Phi) is 32.4. The van der Waals surface area contributed by atoms with Crippen molar-refractivity contribution in [3.05, 3.63) is 202 Å². The lowest BCUT2D eigenvalue weighted by Crippen LogP contribution is -2.36. The molecule has 4 saturated heterocycles. The standard InChI is InChI=1S/C28H31F3N6O3.C26H35N7O4S.C25H28FN7O2.C25H30FN5O2/c1-3-25(38)36-9-6-24-20(15-36)27(35-37(24)17-7-10-40-11-8-17)34-23-13-19(26(30)31)18(12-21(23)29)16-4-5-22(33-14-16)28(39)32-2;1-5-25(34)32-9-6-24-23(17-32)26(29-33(24)21-7-10-37-11-8-21)28-20-12-18(19-15-27-31(4)16-19)13-22(14-20)38(35,36)30(2)3;1-3-24(34)32-7-4-23-20(15-32)25(30-33(23)18-5-8-35-9-6-18)29-22-10-16(12-27)19(11-21(22)26)17-13-28-31(2)14-17;1-3-23(32)30-12-8-22-20(16-30)25(28-31(22)18-9-13-33-14-10-18)27-21-6-4-5-19(24(21)26)17-7-11-29(2)15-17/h4-5,12-14,17,26H,3,6-11,15H2,1-2H3,(H,32,39)(H,34,35);12-16,21H,5-11,17H2,1-4H3,(H,28,29);10-11,13-14,18H,3-9,15H2,1-2H3,(H,29,30);4-7,11,15,18H,3,8-10,12-14,16H2,1-2H3,(H,27,28). The average molecular weight is 2030 g/mol. The molecular weight excluding hydrogens is 1900 g/mol. The number of anilines is 8. The number of hydrogen-bond acceptors (Lipinski definition) is 23. The van der Waals surface area contributed by atoms with Crippen LogP contribution in [-0.4, -0.2) is 230 Å². The normalized spacial score (nSPS) is 16.2. The second kappa shape index (κ2) is 45.7. The van der Waals surface area contributed by atoms with E-state index >= 15 is 13.2 Å². The maximum Gasteiger partial charge on any atom is 0.269 e. The van der Waals surface area contributed by atoms with Crippen molar-refractivity contribution >= 4 is 85.6 Å². The van der Waals surface area contributed by atoms with Gasteiger partial charge in [0.25, 0.3) is 12.3 Å². The molecule has 5 N–H and O–H groups in total. The molecule has 42 heteroatoms. The third kappa shape index (κ3) is 22.7. The Hall–Kier alpha value is -14.0. The minimum absolute atomic E-state index is 0.00184. The van der Waals surface area contributed by atoms with Gasteiger partial charge < -0.3 is 69.7 Å². The number of aromatic nitrogens is 14. The fourth-order valence-electron chi connectivity index (χ4n) is 20.2. The molecule has 146 heavy (non-hydrogen) atoms. The number of nitrogens with one attached hydrogen (secondary N) is 5. The Morgan fingerprint density at radius 2 is 0.890 bits per heavy atom. The fraction of sp³-hybridized carbons (Fsp3) is 0.452. The third-order valence-corrected chi connectivity index (χ3v) is 29.9. The van der Waals surface area contributed by atoms with E-state index in [1.165, 1.54) is 55.9 Å². The lowest BCUT2D eigenvalue weighted by Gasteiger charge is -2.30. The minimum atomic E-state index is -3.69. The van der Waals surface area contributed by atoms with Crippen molar-refractivity contribution < 1.29 is 73.3 Å². The first kappa shape index (κ1) is 103. The number of carbonyl (C=O) groups is 5. The van der Waals surface area contributed by atoms with E-state index in [0.29, 0.717) is 187 Å². The van der Waals surface area contributed by atoms with Gasteiger partial charge in [-0.1, -0.05) is 45.9 Å². The van der Waals surface area contributed by atoms with Crippen LogP contribution in [0.4, 0.5) is 68.0 Å². The number of sulfonamides is 1. The Morgan fingerprint density at radius 3 is 1.27 bits per heavy atom. The molecule has 0 unspecified atom stereocenters. The van der Waals surface area contributed by atoms with Crippen LogP contribution in [-0.2, 0) is 121 Å². The highest BCUT2D eigenvalue weighted by Crippen LogP contribution is 2.44. The number of benzene rings is 4. The Labute approximate surface area is 843 Å². The van der Waals surface area contributed by atoms with Gasteiger partial charge in [-0.3, -0.25) is 57.0 Å². The number of halogens is 5. The average Bonchev–Trinajstić information content (AvgIpc) is 1.65. The van der Waals surface area contributed by atoms with Gasteiger partial charge in [-0.15, -0.1) is 0 Å². The number of aryl methyl sites for hydroxylation is 3. The van der Waals surface area contributed by atoms with Crippen LogP contribution in [0.5, 0.6) is 0 Å². The molecule has 16 heterocycles. The summed E-state index contributed by atoms with van der Waals surface area (Å²) < 4.78 is 138. The molecule has 5 amide bonds. The van der Waals surface area contributed by atoms with Crippen LogP contribution in [0.3, 0.4) is 0 Å². The van der Waals surface area contributed by atoms with Crippen molar-refractivity contribution in [2.45, 2.75) is 192 Å². The van der Waals surface area contributed by atoms with Crippen LogP contribution in [0.15, 0.2) is 127 Å². The molecule has 0 saturated carbocycles. The van der Waals surface area contributed by atoms with Crippen LogP contribution in [0.2, 0.25) is 0 Å². The molecule has 20 rings (SSSR count). The van der Waals surface area contributed by atoms with Crippen molar-refractivity contribution in [3.8, 4) is 50.6 Å². The number of hydrogen-bond donors (Lipinski definition) is 5. The first-order chi connectivity index (χ1) is 70.5. The van der Waals surface area contributed by atoms with Gasteiger partial charge in [0.05, 0.1) is 96.3 Å². The van der Waals surface area contributed by atoms with E-state index in [-0.39, 0.29) is 92.3 Å². The maximum atomic E-state index is 15.5. The number of fused-ring (bicyclic) bond motifs is 4. The molecule has 772 valence electrons. The molecule has 4 fully saturated rings. The Balaban J connectivity index is 0.000000133. The van der Waals surface area contributed by atoms with E-state index in [1.807, 2.05) is 100 Å². The van der Waals surface area contributed by atoms with Crippen LogP contribution in [0.25, 0.3) is 44.5 Å². The number of alkyl halides is 2. The number of nitrogens with zero attached hydrogens (tertiary/aromatic N) is 20. The van der Waals surface area contributed by atoms with Gasteiger partial charge >= 0.3 is 0 Å². The number of ether oxygens (including phenoxy) is 4. The van der Waals surface area contributed by atoms with Crippen LogP contribution >= 0.6 is 0 Å². The van der Waals surface area contributed by atoms with Crippen molar-refractivity contribution in [1.29, 1.82) is 5.26 Å². The molecule has 0 aliphatic carbocycles. The maximum absolute atomic E-state index is 15.5. The Bertz CT molecular complexity index is 6930. The summed E-state index contributed by atoms with van der Waals surface area (Å²) in [5.41, 5.74) is 13.3. The summed E-state index contributed by atoms with van der Waals surface area (Å²) in [4.78, 5) is 73.2. The van der Waals surface area contributed by atoms with E-state index in [4.69, 9.17) is 39.3 Å². The molecule has 0 atom stereocenters. The van der Waals surface area contributed by atoms with Crippen molar-refractivity contribution in [3.63, 3.8) is 0 Å². The summed E-state index contributed by atoms with van der Waals surface area (Å²) in [6, 6.07) is 23.3. The highest BCUT2D eigenvalue weighted by Gasteiger charge is 2.38. The van der Waals surface area contributed by atoms with Gasteiger partial charge in [-0.05, 0) is 123 Å². The first-order valence-electron chi connectivity index (χ1n) is 49.9. The molecule has 8 aliphatic heterocycles. The van der Waals surface area contributed by atoms with E-state index in [2.05, 4.69) is 57.2 Å². The van der Waals surface area contributed by atoms with Gasteiger partial charge in [0.2, 0.25) is 33.7 Å². The van der Waals surface area contributed by atoms with Crippen molar-refractivity contribution in [1.82, 2.24) is 97.5 Å². The Morgan fingerprint density at radius 1 is 0.473 bits per heavy atom. The molecule has 0 bridgehead atoms. The summed E-state index contributed by atoms with van der Waals surface area (Å²) >= 11 is 0. The molecule has 0 radical (unpaired) electrons. The third-order valence-electron chi connectivity index (χ3n) is 28.2. The lowest BCUT2D eigenvalue weighted by molar-refractivity contribution is -0.132. The summed E-state index contributed by atoms with van der Waals surface area (Å²) in [6.07, 6.45) is 20.4. The van der Waals surface area contributed by atoms with E-state index in [1.54, 1.807) is 71.1 Å². The van der Waals surface area contributed by atoms with Gasteiger partial charge in [-0.25, -0.2) is 34.7 Å². The van der Waals surface area contributed by atoms with Gasteiger partial charge in [-0.2, -0.15) is 35.9 Å². The topological polar surface area (TPSA) is 381 Å². The van der Waals surface area contributed by atoms with E-state index < -0.39 is 34.0 Å². The summed E-state index contributed by atoms with van der Waals surface area (Å²) in [5, 5.41) is 52.9. The number of pyridine rings is 1. The summed E-state index contributed by atoms with van der Waals surface area (Å²) in [6.45, 7) is 17.0. The quantitative estimate of drug-likeness (QED) is 0.0351. The summed E-state index contributed by atoms with van der Waals surface area (Å²) in [5.74, 6) is 0.504. The van der Waals surface area contributed by atoms with Gasteiger partial charge in [0.1, 0.15) is 17.3 Å². The van der Waals surface area contributed by atoms with Crippen LogP contribution < -0.4 is 26.6 Å². The molecule has 8 aliphatic rings. The zero-order valence-corrected chi connectivity index (χ0v) is 84.6.